The molecule has 1 saturated heterocycles. The second-order valence-corrected chi connectivity index (χ2v) is 6.15. The molecule has 134 valence electrons. The number of methoxy groups -OCH3 is 1. The highest BCUT2D eigenvalue weighted by Gasteiger charge is 2.51. The van der Waals surface area contributed by atoms with E-state index in [2.05, 4.69) is 10.1 Å². The van der Waals surface area contributed by atoms with Crippen molar-refractivity contribution in [3.63, 3.8) is 0 Å². The van der Waals surface area contributed by atoms with Crippen molar-refractivity contribution in [1.29, 1.82) is 0 Å². The summed E-state index contributed by atoms with van der Waals surface area (Å²) < 4.78 is 25.9. The maximum absolute atomic E-state index is 11.9. The Morgan fingerprint density at radius 2 is 1.91 bits per heavy atom. The van der Waals surface area contributed by atoms with Gasteiger partial charge in [-0.15, -0.1) is 0 Å². The van der Waals surface area contributed by atoms with Gasteiger partial charge in [-0.25, -0.2) is 9.59 Å². The first kappa shape index (κ1) is 19.7. The quantitative estimate of drug-likeness (QED) is 0.405. The van der Waals surface area contributed by atoms with Crippen LogP contribution in [-0.4, -0.2) is 62.5 Å². The lowest BCUT2D eigenvalue weighted by Crippen LogP contribution is -2.46. The Bertz CT molecular complexity index is 407. The minimum Gasteiger partial charge on any atom is -0.467 e. The van der Waals surface area contributed by atoms with Crippen molar-refractivity contribution < 1.29 is 33.3 Å². The van der Waals surface area contributed by atoms with Gasteiger partial charge in [0.25, 0.3) is 0 Å². The fraction of sp³-hybridized carbons (Fsp3) is 0.867. The fourth-order valence-electron chi connectivity index (χ4n) is 1.94. The number of nitrogens with one attached hydrogen (secondary N) is 1. The number of amides is 1. The monoisotopic (exact) mass is 333 g/mol. The molecule has 0 aromatic heterocycles. The first-order valence-corrected chi connectivity index (χ1v) is 7.64. The molecule has 8 nitrogen and oxygen atoms in total. The number of esters is 1. The van der Waals surface area contributed by atoms with Crippen molar-refractivity contribution in [3.05, 3.63) is 0 Å². The summed E-state index contributed by atoms with van der Waals surface area (Å²) in [4.78, 5) is 23.4. The van der Waals surface area contributed by atoms with Crippen LogP contribution in [0.1, 0.15) is 34.6 Å². The summed E-state index contributed by atoms with van der Waals surface area (Å²) in [6.07, 6.45) is -2.25. The molecule has 1 fully saturated rings. The average molecular weight is 333 g/mol. The van der Waals surface area contributed by atoms with Crippen molar-refractivity contribution in [1.82, 2.24) is 5.32 Å². The largest absolute Gasteiger partial charge is 0.467 e. The number of hydrogen-bond acceptors (Lipinski definition) is 7. The van der Waals surface area contributed by atoms with Crippen LogP contribution in [0.2, 0.25) is 0 Å². The van der Waals surface area contributed by atoms with Gasteiger partial charge >= 0.3 is 12.1 Å². The molecule has 0 saturated carbocycles. The molecular weight excluding hydrogens is 306 g/mol. The van der Waals surface area contributed by atoms with Crippen molar-refractivity contribution in [2.75, 3.05) is 20.3 Å². The number of alkyl carbamates (subject to hydrolysis) is 1. The van der Waals surface area contributed by atoms with Crippen molar-refractivity contribution in [3.8, 4) is 0 Å². The molecule has 23 heavy (non-hydrogen) atoms. The maximum Gasteiger partial charge on any atom is 0.408 e. The van der Waals surface area contributed by atoms with E-state index < -0.39 is 42.2 Å². The van der Waals surface area contributed by atoms with Crippen molar-refractivity contribution in [2.24, 2.45) is 0 Å². The van der Waals surface area contributed by atoms with Gasteiger partial charge in [-0.3, -0.25) is 0 Å². The van der Waals surface area contributed by atoms with Crippen molar-refractivity contribution in [2.45, 2.75) is 64.8 Å². The summed E-state index contributed by atoms with van der Waals surface area (Å²) in [6.45, 7) is 9.53. The molecule has 1 aliphatic heterocycles. The minimum atomic E-state index is -0.703. The number of epoxide rings is 1. The molecule has 8 heteroatoms. The van der Waals surface area contributed by atoms with Gasteiger partial charge in [0.2, 0.25) is 0 Å². The van der Waals surface area contributed by atoms with E-state index in [1.54, 1.807) is 27.7 Å². The van der Waals surface area contributed by atoms with E-state index >= 15 is 0 Å². The molecule has 1 rings (SSSR count). The number of carbonyl (C=O) groups excluding carboxylic acids is 2. The van der Waals surface area contributed by atoms with Gasteiger partial charge in [-0.1, -0.05) is 0 Å². The molecule has 1 N–H and O–H groups in total. The SMILES string of the molecule is CCOC(C)OC[C@@H](NC(=O)OC(C)(C)C)[C@H]1O[C@H]1C(=O)OC. The third-order valence-corrected chi connectivity index (χ3v) is 2.97. The van der Waals surface area contributed by atoms with Gasteiger partial charge in [-0.2, -0.15) is 0 Å². The highest BCUT2D eigenvalue weighted by Crippen LogP contribution is 2.27. The zero-order valence-electron chi connectivity index (χ0n) is 14.6. The highest BCUT2D eigenvalue weighted by molar-refractivity contribution is 5.78. The lowest BCUT2D eigenvalue weighted by atomic mass is 10.1. The smallest absolute Gasteiger partial charge is 0.408 e. The third kappa shape index (κ3) is 7.15. The van der Waals surface area contributed by atoms with E-state index in [9.17, 15) is 9.59 Å². The number of carbonyl (C=O) groups is 2. The van der Waals surface area contributed by atoms with E-state index in [1.165, 1.54) is 7.11 Å². The molecule has 0 spiro atoms. The Hall–Kier alpha value is -1.38. The van der Waals surface area contributed by atoms with Gasteiger partial charge in [0.15, 0.2) is 12.4 Å². The van der Waals surface area contributed by atoms with E-state index in [0.29, 0.717) is 6.61 Å². The third-order valence-electron chi connectivity index (χ3n) is 2.97. The first-order valence-electron chi connectivity index (χ1n) is 7.64. The van der Waals surface area contributed by atoms with Crippen LogP contribution in [0.5, 0.6) is 0 Å². The average Bonchev–Trinajstić information content (AvgIpc) is 3.21. The Morgan fingerprint density at radius 1 is 1.26 bits per heavy atom. The summed E-state index contributed by atoms with van der Waals surface area (Å²) in [5.41, 5.74) is -0.625. The first-order chi connectivity index (χ1) is 10.7. The molecule has 1 aliphatic rings. The molecule has 0 radical (unpaired) electrons. The Labute approximate surface area is 136 Å². The van der Waals surface area contributed by atoms with E-state index in [1.807, 2.05) is 6.92 Å². The van der Waals surface area contributed by atoms with E-state index in [0.717, 1.165) is 0 Å². The number of rotatable bonds is 8. The van der Waals surface area contributed by atoms with Gasteiger partial charge in [0.05, 0.1) is 19.8 Å². The molecule has 4 atom stereocenters. The predicted octanol–water partition coefficient (Wildman–Crippen LogP) is 1.22. The van der Waals surface area contributed by atoms with E-state index in [4.69, 9.17) is 18.9 Å². The summed E-state index contributed by atoms with van der Waals surface area (Å²) in [5.74, 6) is -0.483. The molecular formula is C15H27NO7. The van der Waals surface area contributed by atoms with Gasteiger partial charge in [0, 0.05) is 6.61 Å². The van der Waals surface area contributed by atoms with Crippen LogP contribution < -0.4 is 5.32 Å². The summed E-state index contributed by atoms with van der Waals surface area (Å²) >= 11 is 0. The molecule has 0 aromatic carbocycles. The minimum absolute atomic E-state index is 0.124. The summed E-state index contributed by atoms with van der Waals surface area (Å²) in [5, 5.41) is 2.67. The van der Waals surface area contributed by atoms with E-state index in [-0.39, 0.29) is 6.61 Å². The highest BCUT2D eigenvalue weighted by atomic mass is 16.7. The Morgan fingerprint density at radius 3 is 2.43 bits per heavy atom. The van der Waals surface area contributed by atoms with Crippen LogP contribution >= 0.6 is 0 Å². The molecule has 1 amide bonds. The number of hydrogen-bond donors (Lipinski definition) is 1. The maximum atomic E-state index is 11.9. The van der Waals surface area contributed by atoms with Crippen LogP contribution in [0.15, 0.2) is 0 Å². The molecule has 0 aliphatic carbocycles. The molecule has 0 aromatic rings. The second-order valence-electron chi connectivity index (χ2n) is 6.15. The molecule has 0 bridgehead atoms. The zero-order chi connectivity index (χ0) is 17.6. The Kier molecular flexibility index (Phi) is 7.24. The van der Waals surface area contributed by atoms with Gasteiger partial charge in [0.1, 0.15) is 11.7 Å². The summed E-state index contributed by atoms with van der Waals surface area (Å²) in [6, 6.07) is -0.545. The number of ether oxygens (including phenoxy) is 5. The second kappa shape index (κ2) is 8.47. The van der Waals surface area contributed by atoms with Crippen LogP contribution in [0, 0.1) is 0 Å². The fourth-order valence-corrected chi connectivity index (χ4v) is 1.94. The molecule has 1 heterocycles. The summed E-state index contributed by atoms with van der Waals surface area (Å²) in [7, 11) is 1.28. The predicted molar refractivity (Wildman–Crippen MR) is 80.9 cm³/mol. The molecule has 1 unspecified atom stereocenters. The normalized spacial score (nSPS) is 22.9. The Balaban J connectivity index is 2.59. The van der Waals surface area contributed by atoms with Crippen molar-refractivity contribution >= 4 is 12.1 Å². The van der Waals surface area contributed by atoms with Crippen LogP contribution in [-0.2, 0) is 28.5 Å². The van der Waals surface area contributed by atoms with Crippen LogP contribution in [0.25, 0.3) is 0 Å². The zero-order valence-corrected chi connectivity index (χ0v) is 14.6. The standard InChI is InChI=1S/C15H27NO7/c1-7-20-9(2)21-8-10(11-12(22-11)13(17)19-6)16-14(18)23-15(3,4)5/h9-12H,7-8H2,1-6H3,(H,16,18)/t9?,10-,11-,12-/m1/s1. The van der Waals surface area contributed by atoms with Crippen LogP contribution in [0.4, 0.5) is 4.79 Å². The topological polar surface area (TPSA) is 95.6 Å². The van der Waals surface area contributed by atoms with Crippen LogP contribution in [0.3, 0.4) is 0 Å². The van der Waals surface area contributed by atoms with Gasteiger partial charge < -0.3 is 29.0 Å². The van der Waals surface area contributed by atoms with Gasteiger partial charge in [-0.05, 0) is 34.6 Å². The lowest BCUT2D eigenvalue weighted by Gasteiger charge is -2.24. The lowest BCUT2D eigenvalue weighted by molar-refractivity contribution is -0.142.